The van der Waals surface area contributed by atoms with Crippen molar-refractivity contribution >= 4 is 11.6 Å². The number of fused-ring (bicyclic) bond motifs is 5. The van der Waals surface area contributed by atoms with E-state index in [-0.39, 0.29) is 42.2 Å². The van der Waals surface area contributed by atoms with Gasteiger partial charge in [-0.25, -0.2) is 0 Å². The van der Waals surface area contributed by atoms with Gasteiger partial charge < -0.3 is 9.84 Å². The molecule has 4 unspecified atom stereocenters. The number of ketones is 2. The fourth-order valence-corrected chi connectivity index (χ4v) is 3.71. The second kappa shape index (κ2) is 4.11. The first-order valence-electron chi connectivity index (χ1n) is 6.81. The SMILES string of the molecule is O=C1C(c2cccc(CO)c2)C(=O)C2C3C=CC(O3)C12. The lowest BCUT2D eigenvalue weighted by molar-refractivity contribution is -0.127. The average molecular weight is 270 g/mol. The molecule has 2 fully saturated rings. The Morgan fingerprint density at radius 3 is 2.30 bits per heavy atom. The normalized spacial score (nSPS) is 37.8. The van der Waals surface area contributed by atoms with Crippen molar-refractivity contribution < 1.29 is 19.4 Å². The predicted molar refractivity (Wildman–Crippen MR) is 69.9 cm³/mol. The lowest BCUT2D eigenvalue weighted by atomic mass is 9.85. The van der Waals surface area contributed by atoms with E-state index in [1.807, 2.05) is 12.2 Å². The molecule has 2 aliphatic heterocycles. The van der Waals surface area contributed by atoms with Crippen molar-refractivity contribution in [1.82, 2.24) is 0 Å². The molecule has 2 heterocycles. The second-order valence-corrected chi connectivity index (χ2v) is 5.64. The smallest absolute Gasteiger partial charge is 0.154 e. The largest absolute Gasteiger partial charge is 0.392 e. The summed E-state index contributed by atoms with van der Waals surface area (Å²) in [6.45, 7) is -0.0916. The Labute approximate surface area is 116 Å². The summed E-state index contributed by atoms with van der Waals surface area (Å²) in [4.78, 5) is 25.2. The van der Waals surface area contributed by atoms with Gasteiger partial charge in [0.05, 0.1) is 30.7 Å². The maximum absolute atomic E-state index is 12.6. The zero-order chi connectivity index (χ0) is 13.9. The van der Waals surface area contributed by atoms with E-state index in [4.69, 9.17) is 4.74 Å². The molecule has 0 aromatic heterocycles. The number of benzene rings is 1. The average Bonchev–Trinajstić information content (AvgIpc) is 3.13. The van der Waals surface area contributed by atoms with Gasteiger partial charge in [-0.3, -0.25) is 9.59 Å². The first kappa shape index (κ1) is 12.0. The van der Waals surface area contributed by atoms with E-state index in [9.17, 15) is 14.7 Å². The number of rotatable bonds is 2. The molecule has 3 aliphatic rings. The van der Waals surface area contributed by atoms with Crippen LogP contribution in [-0.2, 0) is 20.9 Å². The van der Waals surface area contributed by atoms with E-state index in [0.29, 0.717) is 5.56 Å². The summed E-state index contributed by atoms with van der Waals surface area (Å²) in [6, 6.07) is 7.09. The van der Waals surface area contributed by atoms with Crippen LogP contribution in [0.4, 0.5) is 0 Å². The number of ether oxygens (including phenoxy) is 1. The fourth-order valence-electron chi connectivity index (χ4n) is 3.71. The summed E-state index contributed by atoms with van der Waals surface area (Å²) in [6.07, 6.45) is 3.33. The monoisotopic (exact) mass is 270 g/mol. The molecule has 1 saturated heterocycles. The van der Waals surface area contributed by atoms with Crippen molar-refractivity contribution in [2.75, 3.05) is 0 Å². The number of Topliss-reactive ketones (excluding diaryl/α,β-unsaturated/α-hetero) is 2. The number of carbonyl (C=O) groups is 2. The maximum atomic E-state index is 12.6. The first-order valence-corrected chi connectivity index (χ1v) is 6.81. The summed E-state index contributed by atoms with van der Waals surface area (Å²) >= 11 is 0. The highest BCUT2D eigenvalue weighted by molar-refractivity contribution is 6.17. The highest BCUT2D eigenvalue weighted by atomic mass is 16.5. The van der Waals surface area contributed by atoms with Crippen LogP contribution in [0.2, 0.25) is 0 Å². The van der Waals surface area contributed by atoms with Crippen LogP contribution in [0.5, 0.6) is 0 Å². The molecule has 1 aliphatic carbocycles. The van der Waals surface area contributed by atoms with Crippen LogP contribution in [0.15, 0.2) is 36.4 Å². The van der Waals surface area contributed by atoms with Crippen LogP contribution in [0.25, 0.3) is 0 Å². The lowest BCUT2D eigenvalue weighted by Gasteiger charge is -2.13. The van der Waals surface area contributed by atoms with E-state index in [2.05, 4.69) is 0 Å². The number of carbonyl (C=O) groups excluding carboxylic acids is 2. The Bertz CT molecular complexity index is 603. The molecule has 1 saturated carbocycles. The van der Waals surface area contributed by atoms with E-state index < -0.39 is 5.92 Å². The number of aliphatic hydroxyl groups excluding tert-OH is 1. The highest BCUT2D eigenvalue weighted by Crippen LogP contribution is 2.49. The minimum Gasteiger partial charge on any atom is -0.392 e. The summed E-state index contributed by atoms with van der Waals surface area (Å²) in [5.41, 5.74) is 1.41. The molecule has 2 bridgehead atoms. The van der Waals surface area contributed by atoms with Crippen LogP contribution in [0.1, 0.15) is 17.0 Å². The molecule has 20 heavy (non-hydrogen) atoms. The third kappa shape index (κ3) is 1.43. The van der Waals surface area contributed by atoms with Crippen LogP contribution in [-0.4, -0.2) is 28.9 Å². The Balaban J connectivity index is 1.74. The van der Waals surface area contributed by atoms with E-state index >= 15 is 0 Å². The van der Waals surface area contributed by atoms with Crippen LogP contribution in [0, 0.1) is 11.8 Å². The lowest BCUT2D eigenvalue weighted by Crippen LogP contribution is -2.26. The van der Waals surface area contributed by atoms with Crippen molar-refractivity contribution in [3.8, 4) is 0 Å². The molecule has 1 aromatic rings. The van der Waals surface area contributed by atoms with Crippen LogP contribution < -0.4 is 0 Å². The van der Waals surface area contributed by atoms with Gasteiger partial charge in [-0.2, -0.15) is 0 Å². The molecule has 102 valence electrons. The first-order chi connectivity index (χ1) is 9.70. The quantitative estimate of drug-likeness (QED) is 0.643. The van der Waals surface area contributed by atoms with Gasteiger partial charge in [-0.15, -0.1) is 0 Å². The zero-order valence-corrected chi connectivity index (χ0v) is 10.7. The Morgan fingerprint density at radius 2 is 1.70 bits per heavy atom. The van der Waals surface area contributed by atoms with Crippen molar-refractivity contribution in [3.05, 3.63) is 47.5 Å². The predicted octanol–water partition coefficient (Wildman–Crippen LogP) is 0.984. The molecule has 4 heteroatoms. The molecule has 4 nitrogen and oxygen atoms in total. The molecule has 1 N–H and O–H groups in total. The van der Waals surface area contributed by atoms with E-state index in [1.54, 1.807) is 24.3 Å². The highest BCUT2D eigenvalue weighted by Gasteiger charge is 2.61. The standard InChI is InChI=1S/C16H14O4/c17-7-8-2-1-3-9(6-8)12-15(18)13-10-4-5-11(20-10)14(13)16(12)19/h1-6,10-14,17H,7H2. The van der Waals surface area contributed by atoms with Crippen LogP contribution in [0.3, 0.4) is 0 Å². The Hall–Kier alpha value is -1.78. The van der Waals surface area contributed by atoms with E-state index in [1.165, 1.54) is 0 Å². The van der Waals surface area contributed by atoms with Gasteiger partial charge in [-0.1, -0.05) is 36.4 Å². The number of hydrogen-bond acceptors (Lipinski definition) is 4. The summed E-state index contributed by atoms with van der Waals surface area (Å²) < 4.78 is 5.62. The van der Waals surface area contributed by atoms with E-state index in [0.717, 1.165) is 5.56 Å². The summed E-state index contributed by atoms with van der Waals surface area (Å²) in [7, 11) is 0. The topological polar surface area (TPSA) is 63.6 Å². The minimum atomic E-state index is -0.690. The van der Waals surface area contributed by atoms with Gasteiger partial charge in [0.25, 0.3) is 0 Å². The number of hydrogen-bond donors (Lipinski definition) is 1. The molecule has 0 spiro atoms. The maximum Gasteiger partial charge on any atom is 0.154 e. The van der Waals surface area contributed by atoms with Gasteiger partial charge in [0.15, 0.2) is 11.6 Å². The fraction of sp³-hybridized carbons (Fsp3) is 0.375. The molecule has 4 atom stereocenters. The molecule has 0 amide bonds. The molecular weight excluding hydrogens is 256 g/mol. The Morgan fingerprint density at radius 1 is 1.05 bits per heavy atom. The minimum absolute atomic E-state index is 0.0352. The van der Waals surface area contributed by atoms with Gasteiger partial charge in [0.1, 0.15) is 5.92 Å². The summed E-state index contributed by atoms with van der Waals surface area (Å²) in [5, 5.41) is 9.19. The number of aliphatic hydroxyl groups is 1. The van der Waals surface area contributed by atoms with Gasteiger partial charge >= 0.3 is 0 Å². The van der Waals surface area contributed by atoms with Crippen LogP contribution >= 0.6 is 0 Å². The molecule has 0 radical (unpaired) electrons. The molecule has 1 aromatic carbocycles. The van der Waals surface area contributed by atoms with Crippen molar-refractivity contribution in [1.29, 1.82) is 0 Å². The third-order valence-electron chi connectivity index (χ3n) is 4.59. The summed E-state index contributed by atoms with van der Waals surface area (Å²) in [5.74, 6) is -1.40. The second-order valence-electron chi connectivity index (χ2n) is 5.64. The molecular formula is C16H14O4. The van der Waals surface area contributed by atoms with Crippen molar-refractivity contribution in [2.24, 2.45) is 11.8 Å². The zero-order valence-electron chi connectivity index (χ0n) is 10.7. The van der Waals surface area contributed by atoms with Gasteiger partial charge in [0, 0.05) is 0 Å². The third-order valence-corrected chi connectivity index (χ3v) is 4.59. The molecule has 4 rings (SSSR count). The van der Waals surface area contributed by atoms with Crippen molar-refractivity contribution in [3.63, 3.8) is 0 Å². The van der Waals surface area contributed by atoms with Gasteiger partial charge in [0.2, 0.25) is 0 Å². The Kier molecular flexibility index (Phi) is 2.46. The van der Waals surface area contributed by atoms with Crippen molar-refractivity contribution in [2.45, 2.75) is 24.7 Å². The van der Waals surface area contributed by atoms with Gasteiger partial charge in [-0.05, 0) is 11.1 Å².